The summed E-state index contributed by atoms with van der Waals surface area (Å²) in [5, 5.41) is 9.05. The number of aryl methyl sites for hydroxylation is 1. The molecule has 0 aliphatic carbocycles. The lowest BCUT2D eigenvalue weighted by molar-refractivity contribution is 0.0646. The average Bonchev–Trinajstić information content (AvgIpc) is 2.41. The van der Waals surface area contributed by atoms with E-state index in [9.17, 15) is 9.18 Å². The van der Waals surface area contributed by atoms with Gasteiger partial charge >= 0.3 is 0 Å². The van der Waals surface area contributed by atoms with Gasteiger partial charge in [0.1, 0.15) is 5.82 Å². The zero-order valence-corrected chi connectivity index (χ0v) is 10.5. The maximum absolute atomic E-state index is 13.6. The average molecular weight is 251 g/mol. The van der Waals surface area contributed by atoms with E-state index in [0.29, 0.717) is 13.1 Å². The van der Waals surface area contributed by atoms with Crippen molar-refractivity contribution in [1.82, 2.24) is 4.90 Å². The molecule has 1 aliphatic rings. The smallest absolute Gasteiger partial charge is 0.256 e. The van der Waals surface area contributed by atoms with Crippen LogP contribution in [0.4, 0.5) is 4.39 Å². The molecule has 0 saturated carbocycles. The Bertz CT molecular complexity index is 439. The molecule has 1 aromatic rings. The van der Waals surface area contributed by atoms with Crippen molar-refractivity contribution in [3.63, 3.8) is 0 Å². The fourth-order valence-electron chi connectivity index (χ4n) is 2.29. The summed E-state index contributed by atoms with van der Waals surface area (Å²) >= 11 is 0. The highest BCUT2D eigenvalue weighted by atomic mass is 19.1. The lowest BCUT2D eigenvalue weighted by Gasteiger charge is -2.31. The second kappa shape index (κ2) is 5.48. The van der Waals surface area contributed by atoms with Crippen molar-refractivity contribution >= 4 is 5.91 Å². The molecule has 18 heavy (non-hydrogen) atoms. The van der Waals surface area contributed by atoms with Crippen LogP contribution in [0.25, 0.3) is 0 Å². The summed E-state index contributed by atoms with van der Waals surface area (Å²) < 4.78 is 13.6. The third-order valence-electron chi connectivity index (χ3n) is 3.51. The maximum atomic E-state index is 13.6. The van der Waals surface area contributed by atoms with Crippen LogP contribution in [0, 0.1) is 18.7 Å². The Kier molecular flexibility index (Phi) is 3.97. The zero-order chi connectivity index (χ0) is 13.1. The summed E-state index contributed by atoms with van der Waals surface area (Å²) in [5.41, 5.74) is 1.03. The van der Waals surface area contributed by atoms with Crippen molar-refractivity contribution in [2.45, 2.75) is 19.8 Å². The predicted molar refractivity (Wildman–Crippen MR) is 66.9 cm³/mol. The topological polar surface area (TPSA) is 40.5 Å². The van der Waals surface area contributed by atoms with Gasteiger partial charge < -0.3 is 10.0 Å². The number of hydrogen-bond acceptors (Lipinski definition) is 2. The van der Waals surface area contributed by atoms with Crippen LogP contribution >= 0.6 is 0 Å². The number of halogens is 1. The number of carbonyl (C=O) groups is 1. The van der Waals surface area contributed by atoms with Crippen LogP contribution in [0.15, 0.2) is 18.2 Å². The van der Waals surface area contributed by atoms with Gasteiger partial charge in [0.15, 0.2) is 0 Å². The summed E-state index contributed by atoms with van der Waals surface area (Å²) in [4.78, 5) is 13.9. The number of likely N-dealkylation sites (tertiary alicyclic amines) is 1. The van der Waals surface area contributed by atoms with Crippen molar-refractivity contribution in [2.75, 3.05) is 19.7 Å². The van der Waals surface area contributed by atoms with E-state index in [2.05, 4.69) is 0 Å². The molecule has 1 amide bonds. The summed E-state index contributed by atoms with van der Waals surface area (Å²) in [7, 11) is 0. The quantitative estimate of drug-likeness (QED) is 0.873. The van der Waals surface area contributed by atoms with Crippen molar-refractivity contribution in [2.24, 2.45) is 5.92 Å². The van der Waals surface area contributed by atoms with Crippen LogP contribution < -0.4 is 0 Å². The summed E-state index contributed by atoms with van der Waals surface area (Å²) in [5.74, 6) is -0.432. The molecule has 2 rings (SSSR count). The number of rotatable bonds is 2. The fourth-order valence-corrected chi connectivity index (χ4v) is 2.29. The van der Waals surface area contributed by atoms with Gasteiger partial charge in [-0.25, -0.2) is 4.39 Å². The van der Waals surface area contributed by atoms with Gasteiger partial charge in [-0.3, -0.25) is 4.79 Å². The number of amides is 1. The summed E-state index contributed by atoms with van der Waals surface area (Å²) in [6.07, 6.45) is 1.57. The monoisotopic (exact) mass is 251 g/mol. The first-order valence-corrected chi connectivity index (χ1v) is 6.28. The number of piperidine rings is 1. The van der Waals surface area contributed by atoms with Gasteiger partial charge in [-0.15, -0.1) is 0 Å². The van der Waals surface area contributed by atoms with Crippen molar-refractivity contribution in [3.8, 4) is 0 Å². The van der Waals surface area contributed by atoms with Gasteiger partial charge in [-0.1, -0.05) is 11.6 Å². The van der Waals surface area contributed by atoms with E-state index in [1.54, 1.807) is 17.0 Å². The molecule has 1 aliphatic heterocycles. The molecule has 98 valence electrons. The zero-order valence-electron chi connectivity index (χ0n) is 10.5. The minimum absolute atomic E-state index is 0.150. The van der Waals surface area contributed by atoms with E-state index < -0.39 is 5.82 Å². The Morgan fingerprint density at radius 3 is 2.72 bits per heavy atom. The SMILES string of the molecule is Cc1ccc(F)c(C(=O)N2CCC(CO)CC2)c1. The highest BCUT2D eigenvalue weighted by molar-refractivity contribution is 5.94. The number of aliphatic hydroxyl groups excluding tert-OH is 1. The van der Waals surface area contributed by atoms with Crippen LogP contribution in [-0.4, -0.2) is 35.6 Å². The number of benzene rings is 1. The number of aliphatic hydroxyl groups is 1. The highest BCUT2D eigenvalue weighted by Crippen LogP contribution is 2.20. The fraction of sp³-hybridized carbons (Fsp3) is 0.500. The molecule has 0 radical (unpaired) electrons. The predicted octanol–water partition coefficient (Wildman–Crippen LogP) is 1.98. The van der Waals surface area contributed by atoms with Crippen LogP contribution in [0.2, 0.25) is 0 Å². The maximum Gasteiger partial charge on any atom is 0.256 e. The molecule has 0 spiro atoms. The third-order valence-corrected chi connectivity index (χ3v) is 3.51. The lowest BCUT2D eigenvalue weighted by Crippen LogP contribution is -2.39. The molecule has 1 N–H and O–H groups in total. The minimum Gasteiger partial charge on any atom is -0.396 e. The van der Waals surface area contributed by atoms with Crippen LogP contribution in [0.3, 0.4) is 0 Å². The first-order valence-electron chi connectivity index (χ1n) is 6.28. The first kappa shape index (κ1) is 13.0. The molecule has 1 heterocycles. The van der Waals surface area contributed by atoms with Crippen LogP contribution in [-0.2, 0) is 0 Å². The van der Waals surface area contributed by atoms with Crippen molar-refractivity contribution in [3.05, 3.63) is 35.1 Å². The van der Waals surface area contributed by atoms with Gasteiger partial charge in [-0.05, 0) is 37.8 Å². The van der Waals surface area contributed by atoms with E-state index in [4.69, 9.17) is 5.11 Å². The molecule has 0 unspecified atom stereocenters. The Labute approximate surface area is 106 Å². The van der Waals surface area contributed by atoms with Gasteiger partial charge in [-0.2, -0.15) is 0 Å². The summed E-state index contributed by atoms with van der Waals surface area (Å²) in [6, 6.07) is 4.59. The molecule has 1 fully saturated rings. The van der Waals surface area contributed by atoms with Crippen molar-refractivity contribution in [1.29, 1.82) is 0 Å². The molecule has 3 nitrogen and oxygen atoms in total. The molecule has 0 atom stereocenters. The standard InChI is InChI=1S/C14H18FNO2/c1-10-2-3-13(15)12(8-10)14(18)16-6-4-11(9-17)5-7-16/h2-3,8,11,17H,4-7,9H2,1H3. The number of carbonyl (C=O) groups excluding carboxylic acids is 1. The first-order chi connectivity index (χ1) is 8.61. The van der Waals surface area contributed by atoms with E-state index in [1.165, 1.54) is 6.07 Å². The van der Waals surface area contributed by atoms with Gasteiger partial charge in [0.05, 0.1) is 5.56 Å². The largest absolute Gasteiger partial charge is 0.396 e. The van der Waals surface area contributed by atoms with E-state index >= 15 is 0 Å². The van der Waals surface area contributed by atoms with Crippen molar-refractivity contribution < 1.29 is 14.3 Å². The highest BCUT2D eigenvalue weighted by Gasteiger charge is 2.24. The molecular weight excluding hydrogens is 233 g/mol. The van der Waals surface area contributed by atoms with Gasteiger partial charge in [0.2, 0.25) is 0 Å². The molecule has 4 heteroatoms. The molecule has 1 saturated heterocycles. The second-order valence-electron chi connectivity index (χ2n) is 4.90. The van der Waals surface area contributed by atoms with Crippen LogP contribution in [0.5, 0.6) is 0 Å². The number of nitrogens with zero attached hydrogens (tertiary/aromatic N) is 1. The Hall–Kier alpha value is -1.42. The van der Waals surface area contributed by atoms with E-state index in [-0.39, 0.29) is 24.0 Å². The minimum atomic E-state index is -0.463. The van der Waals surface area contributed by atoms with Gasteiger partial charge in [0, 0.05) is 19.7 Å². The molecular formula is C14H18FNO2. The molecule has 0 aromatic heterocycles. The molecule has 0 bridgehead atoms. The second-order valence-corrected chi connectivity index (χ2v) is 4.90. The third kappa shape index (κ3) is 2.70. The summed E-state index contributed by atoms with van der Waals surface area (Å²) in [6.45, 7) is 3.20. The number of hydrogen-bond donors (Lipinski definition) is 1. The Balaban J connectivity index is 2.10. The Morgan fingerprint density at radius 2 is 2.11 bits per heavy atom. The van der Waals surface area contributed by atoms with E-state index in [0.717, 1.165) is 18.4 Å². The lowest BCUT2D eigenvalue weighted by atomic mass is 9.97. The van der Waals surface area contributed by atoms with Gasteiger partial charge in [0.25, 0.3) is 5.91 Å². The molecule has 1 aromatic carbocycles. The van der Waals surface area contributed by atoms with E-state index in [1.807, 2.05) is 6.92 Å². The Morgan fingerprint density at radius 1 is 1.44 bits per heavy atom. The normalized spacial score (nSPS) is 16.9. The van der Waals surface area contributed by atoms with Crippen LogP contribution in [0.1, 0.15) is 28.8 Å².